The van der Waals surface area contributed by atoms with Gasteiger partial charge < -0.3 is 28.7 Å². The Labute approximate surface area is 762 Å². The topological polar surface area (TPSA) is 71.6 Å². The molecule has 0 aromatic heterocycles. The van der Waals surface area contributed by atoms with Crippen LogP contribution in [0.2, 0.25) is 0 Å². The van der Waals surface area contributed by atoms with Crippen molar-refractivity contribution < 1.29 is 18.9 Å². The second kappa shape index (κ2) is 30.5. The van der Waals surface area contributed by atoms with Gasteiger partial charge in [0.2, 0.25) is 0 Å². The van der Waals surface area contributed by atoms with Crippen LogP contribution in [0.1, 0.15) is 31.9 Å². The average Bonchev–Trinajstić information content (AvgIpc) is 0.656. The summed E-state index contributed by atoms with van der Waals surface area (Å²) in [7, 11) is 0. The Morgan fingerprint density at radius 2 is 0.534 bits per heavy atom. The fraction of sp³-hybridized carbons (Fsp3) is 0.0333. The van der Waals surface area contributed by atoms with Gasteiger partial charge in [-0.3, -0.25) is 0 Å². The number of ether oxygens (including phenoxy) is 4. The third-order valence-corrected chi connectivity index (χ3v) is 27.2. The van der Waals surface area contributed by atoms with E-state index in [2.05, 4.69) is 454 Å². The van der Waals surface area contributed by atoms with Crippen LogP contribution >= 0.6 is 0 Å². The van der Waals surface area contributed by atoms with Crippen LogP contribution in [0.4, 0.5) is 39.8 Å². The Hall–Kier alpha value is -16.8. The molecular formula is C120H77B3N4O4. The largest absolute Gasteiger partial charge is 0.459 e. The molecule has 0 N–H and O–H groups in total. The summed E-state index contributed by atoms with van der Waals surface area (Å²) in [5.74, 6) is 5.40. The summed E-state index contributed by atoms with van der Waals surface area (Å²) in [6.45, 7) is 14.3. The van der Waals surface area contributed by atoms with E-state index < -0.39 is 25.6 Å². The predicted octanol–water partition coefficient (Wildman–Crippen LogP) is 25.6. The second-order valence-corrected chi connectivity index (χ2v) is 35.7. The average molecular weight is 1670 g/mol. The Balaban J connectivity index is 0.935. The first-order valence-corrected chi connectivity index (χ1v) is 44.8. The van der Waals surface area contributed by atoms with Crippen LogP contribution in [0.3, 0.4) is 0 Å². The van der Waals surface area contributed by atoms with Gasteiger partial charge in [0, 0.05) is 44.6 Å². The zero-order valence-corrected chi connectivity index (χ0v) is 71.9. The van der Waals surface area contributed by atoms with Crippen LogP contribution < -0.4 is 77.9 Å². The number of hydrogen-bond acceptors (Lipinski definition) is 7. The number of fused-ring (bicyclic) bond motifs is 14. The Kier molecular flexibility index (Phi) is 17.8. The minimum absolute atomic E-state index is 0.478. The molecule has 6 aliphatic rings. The van der Waals surface area contributed by atoms with E-state index in [4.69, 9.17) is 18.9 Å². The molecule has 0 amide bonds. The van der Waals surface area contributed by atoms with E-state index in [0.717, 1.165) is 212 Å². The van der Waals surface area contributed by atoms with Crippen molar-refractivity contribution in [2.45, 2.75) is 26.2 Å². The highest BCUT2D eigenvalue weighted by Gasteiger charge is 2.57. The van der Waals surface area contributed by atoms with E-state index in [9.17, 15) is 11.8 Å². The van der Waals surface area contributed by atoms with Gasteiger partial charge in [0.1, 0.15) is 46.0 Å². The highest BCUT2D eigenvalue weighted by molar-refractivity contribution is 7.05. The number of nitriles is 1. The van der Waals surface area contributed by atoms with Gasteiger partial charge in [-0.15, -0.1) is 0 Å². The van der Waals surface area contributed by atoms with Gasteiger partial charge in [-0.1, -0.05) is 373 Å². The summed E-state index contributed by atoms with van der Waals surface area (Å²) < 4.78 is 33.6. The minimum atomic E-state index is -0.871. The van der Waals surface area contributed by atoms with Crippen LogP contribution in [-0.2, 0) is 5.41 Å². The lowest BCUT2D eigenvalue weighted by Crippen LogP contribution is -2.67. The number of hydrogen-bond donors (Lipinski definition) is 0. The van der Waals surface area contributed by atoms with E-state index in [-0.39, 0.29) is 0 Å². The lowest BCUT2D eigenvalue weighted by Gasteiger charge is -2.50. The molecule has 0 bridgehead atoms. The SMILES string of the molecule is [C-]#[N+]c1cc(-c2ccccc2)c(N2c3cc(C(C)(C)C)cc4c3B(c3c5c6c(c(-c7ccccc7)c3N4c3c(-c4ccccc4)cc(C#N)cc3-c3ccccc3)Oc3ccc(-c4ccccc4)cc3B6c3cc(-c4ccccc4)ccc3O5)c3c4c5c(c(-c6ccccc6)c32)Oc2ccc(-c3ccccc3)cc2B5c2cc(-c3ccccc3)ccc2O4)c(-c2ccccc2)c1. The Morgan fingerprint density at radius 3 is 0.809 bits per heavy atom. The smallest absolute Gasteiger partial charge is 0.261 e. The first kappa shape index (κ1) is 76.6. The molecule has 0 atom stereocenters. The molecule has 0 saturated heterocycles. The van der Waals surface area contributed by atoms with Gasteiger partial charge in [-0.2, -0.15) is 5.26 Å². The standard InChI is InChI=1S/C120H77B3N4O4/c1-120(2,3)89-69-99-107-100(70-89)127(113-93(81-47-27-11-28-48-81)71-90(125-4)72-94(113)82-49-29-12-30-50-82)115-106(84-53-33-14-34-54-84)117-111-119(131-104-62-58-88(78-41-21-8-22-42-78)68-98(104)122(111)96-66-86(56-60-102(96)129-117)76-37-17-6-18-38-76)109(115)123(107)108-114(126(99)112-91(79-43-23-9-24-44-79)63-74(73-124)64-92(112)80-45-25-10-26-46-80)105(83-51-31-13-32-52-83)116-110-118(108)130-103-61-57-87(77-39-19-7-20-40-77)67-97(103)121(110)95-65-85(55-59-101(95)128-116)75-35-15-5-16-36-75/h5-72H,1-3H3. The van der Waals surface area contributed by atoms with Gasteiger partial charge in [0.25, 0.3) is 20.1 Å². The molecular weight excluding hydrogens is 1590 g/mol. The zero-order valence-electron chi connectivity index (χ0n) is 71.9. The molecule has 0 aliphatic carbocycles. The molecule has 131 heavy (non-hydrogen) atoms. The van der Waals surface area contributed by atoms with E-state index >= 15 is 0 Å². The third-order valence-electron chi connectivity index (χ3n) is 27.2. The van der Waals surface area contributed by atoms with Crippen LogP contribution in [0, 0.1) is 17.9 Å². The molecule has 610 valence electrons. The van der Waals surface area contributed by atoms with Gasteiger partial charge in [-0.25, -0.2) is 4.85 Å². The number of benzene rings is 19. The number of rotatable bonds is 12. The van der Waals surface area contributed by atoms with E-state index in [1.54, 1.807) is 0 Å². The van der Waals surface area contributed by atoms with Crippen LogP contribution in [0.5, 0.6) is 46.0 Å². The van der Waals surface area contributed by atoms with Gasteiger partial charge in [0.05, 0.1) is 41.0 Å². The van der Waals surface area contributed by atoms with Crippen molar-refractivity contribution in [3.63, 3.8) is 0 Å². The van der Waals surface area contributed by atoms with Crippen molar-refractivity contribution in [1.29, 1.82) is 5.26 Å². The molecule has 25 rings (SSSR count). The quantitative estimate of drug-likeness (QED) is 0.0891. The highest BCUT2D eigenvalue weighted by atomic mass is 16.5. The summed E-state index contributed by atoms with van der Waals surface area (Å²) in [6, 6.07) is 150. The molecule has 0 unspecified atom stereocenters. The van der Waals surface area contributed by atoms with Gasteiger partial charge in [0.15, 0.2) is 5.69 Å². The fourth-order valence-corrected chi connectivity index (χ4v) is 21.3. The number of anilines is 6. The van der Waals surface area contributed by atoms with E-state index in [1.807, 2.05) is 0 Å². The lowest BCUT2D eigenvalue weighted by atomic mass is 9.28. The third kappa shape index (κ3) is 12.3. The van der Waals surface area contributed by atoms with Crippen molar-refractivity contribution in [3.8, 4) is 163 Å². The van der Waals surface area contributed by atoms with E-state index in [0.29, 0.717) is 45.7 Å². The molecule has 8 nitrogen and oxygen atoms in total. The normalized spacial score (nSPS) is 12.8. The lowest BCUT2D eigenvalue weighted by molar-refractivity contribution is 0.468. The predicted molar refractivity (Wildman–Crippen MR) is 540 cm³/mol. The molecule has 19 aromatic carbocycles. The first-order valence-electron chi connectivity index (χ1n) is 44.8. The zero-order chi connectivity index (χ0) is 87.3. The Bertz CT molecular complexity index is 7320. The van der Waals surface area contributed by atoms with Crippen molar-refractivity contribution in [2.75, 3.05) is 9.80 Å². The van der Waals surface area contributed by atoms with Crippen LogP contribution in [-0.4, -0.2) is 20.1 Å². The maximum atomic E-state index is 11.8. The van der Waals surface area contributed by atoms with Gasteiger partial charge in [-0.05, 0) is 199 Å². The molecule has 11 heteroatoms. The Morgan fingerprint density at radius 1 is 0.267 bits per heavy atom. The second-order valence-electron chi connectivity index (χ2n) is 35.7. The summed E-state index contributed by atoms with van der Waals surface area (Å²) in [5, 5.41) is 11.8. The summed E-state index contributed by atoms with van der Waals surface area (Å²) in [5.41, 5.74) is 33.7. The first-order chi connectivity index (χ1) is 64.5. The summed E-state index contributed by atoms with van der Waals surface area (Å²) in [6.07, 6.45) is 0. The molecule has 19 aromatic rings. The molecule has 6 heterocycles. The van der Waals surface area contributed by atoms with Crippen molar-refractivity contribution >= 4 is 109 Å². The van der Waals surface area contributed by atoms with Crippen molar-refractivity contribution in [2.24, 2.45) is 0 Å². The summed E-state index contributed by atoms with van der Waals surface area (Å²) >= 11 is 0. The van der Waals surface area contributed by atoms with Crippen LogP contribution in [0.15, 0.2) is 413 Å². The monoisotopic (exact) mass is 1670 g/mol. The van der Waals surface area contributed by atoms with Crippen molar-refractivity contribution in [1.82, 2.24) is 0 Å². The maximum Gasteiger partial charge on any atom is 0.261 e. The highest BCUT2D eigenvalue weighted by Crippen LogP contribution is 2.62. The van der Waals surface area contributed by atoms with Crippen LogP contribution in [0.25, 0.3) is 116 Å². The maximum absolute atomic E-state index is 11.8. The molecule has 0 radical (unpaired) electrons. The fourth-order valence-electron chi connectivity index (χ4n) is 21.3. The molecule has 0 spiro atoms. The minimum Gasteiger partial charge on any atom is -0.459 e. The molecule has 0 saturated carbocycles. The van der Waals surface area contributed by atoms with Crippen molar-refractivity contribution in [3.05, 3.63) is 435 Å². The molecule has 0 fully saturated rings. The summed E-state index contributed by atoms with van der Waals surface area (Å²) in [4.78, 5) is 9.59. The van der Waals surface area contributed by atoms with Gasteiger partial charge >= 0.3 is 0 Å². The molecule has 6 aliphatic heterocycles. The number of nitrogens with zero attached hydrogens (tertiary/aromatic N) is 4. The van der Waals surface area contributed by atoms with E-state index in [1.165, 1.54) is 0 Å².